The normalized spacial score (nSPS) is 21.9. The van der Waals surface area contributed by atoms with Crippen LogP contribution in [0.25, 0.3) is 0 Å². The molecular formula is C17H32N4. The van der Waals surface area contributed by atoms with Crippen molar-refractivity contribution in [3.8, 4) is 0 Å². The van der Waals surface area contributed by atoms with E-state index in [0.29, 0.717) is 12.0 Å². The van der Waals surface area contributed by atoms with Crippen LogP contribution in [0.15, 0.2) is 6.20 Å². The van der Waals surface area contributed by atoms with Gasteiger partial charge in [0.05, 0.1) is 5.69 Å². The molecule has 1 aliphatic heterocycles. The Morgan fingerprint density at radius 3 is 2.38 bits per heavy atom. The van der Waals surface area contributed by atoms with E-state index in [1.54, 1.807) is 0 Å². The third kappa shape index (κ3) is 4.30. The van der Waals surface area contributed by atoms with Gasteiger partial charge in [-0.1, -0.05) is 13.8 Å². The summed E-state index contributed by atoms with van der Waals surface area (Å²) in [6.45, 7) is 14.5. The van der Waals surface area contributed by atoms with Crippen molar-refractivity contribution >= 4 is 0 Å². The lowest BCUT2D eigenvalue weighted by molar-refractivity contribution is 0.145. The highest BCUT2D eigenvalue weighted by molar-refractivity contribution is 5.20. The van der Waals surface area contributed by atoms with Crippen LogP contribution in [0, 0.1) is 0 Å². The summed E-state index contributed by atoms with van der Waals surface area (Å²) in [7, 11) is 2.01. The fourth-order valence-corrected chi connectivity index (χ4v) is 3.90. The van der Waals surface area contributed by atoms with Gasteiger partial charge >= 0.3 is 0 Å². The van der Waals surface area contributed by atoms with E-state index in [1.807, 2.05) is 11.7 Å². The summed E-state index contributed by atoms with van der Waals surface area (Å²) in [6.07, 6.45) is 4.47. The van der Waals surface area contributed by atoms with Crippen LogP contribution in [0.4, 0.5) is 0 Å². The van der Waals surface area contributed by atoms with Crippen molar-refractivity contribution in [1.29, 1.82) is 0 Å². The molecule has 21 heavy (non-hydrogen) atoms. The van der Waals surface area contributed by atoms with Gasteiger partial charge in [0.2, 0.25) is 0 Å². The summed E-state index contributed by atoms with van der Waals surface area (Å²) in [5.74, 6) is 0.476. The molecule has 0 radical (unpaired) electrons. The van der Waals surface area contributed by atoms with Crippen LogP contribution in [0.2, 0.25) is 0 Å². The second kappa shape index (κ2) is 5.73. The van der Waals surface area contributed by atoms with Crippen LogP contribution in [0.5, 0.6) is 0 Å². The monoisotopic (exact) mass is 292 g/mol. The topological polar surface area (TPSA) is 41.9 Å². The predicted molar refractivity (Wildman–Crippen MR) is 88.5 cm³/mol. The van der Waals surface area contributed by atoms with Crippen LogP contribution in [-0.4, -0.2) is 26.9 Å². The van der Waals surface area contributed by atoms with Crippen LogP contribution in [-0.2, 0) is 13.6 Å². The molecule has 4 nitrogen and oxygen atoms in total. The first-order chi connectivity index (χ1) is 9.58. The Labute approximate surface area is 129 Å². The van der Waals surface area contributed by atoms with Crippen molar-refractivity contribution in [3.05, 3.63) is 17.5 Å². The highest BCUT2D eigenvalue weighted by Gasteiger charge is 2.37. The van der Waals surface area contributed by atoms with Gasteiger partial charge in [-0.05, 0) is 46.5 Å². The molecule has 0 aromatic carbocycles. The lowest BCUT2D eigenvalue weighted by Gasteiger charge is -2.46. The third-order valence-electron chi connectivity index (χ3n) is 4.26. The molecule has 1 aromatic heterocycles. The van der Waals surface area contributed by atoms with Crippen LogP contribution >= 0.6 is 0 Å². The average molecular weight is 292 g/mol. The minimum atomic E-state index is 0.190. The molecule has 1 saturated heterocycles. The molecule has 120 valence electrons. The molecule has 0 amide bonds. The summed E-state index contributed by atoms with van der Waals surface area (Å²) >= 11 is 0. The number of aryl methyl sites for hydroxylation is 1. The maximum absolute atomic E-state index is 4.60. The van der Waals surface area contributed by atoms with Gasteiger partial charge in [-0.2, -0.15) is 5.10 Å². The number of aromatic nitrogens is 2. The Morgan fingerprint density at radius 2 is 1.86 bits per heavy atom. The number of piperidine rings is 1. The third-order valence-corrected chi connectivity index (χ3v) is 4.26. The zero-order chi connectivity index (χ0) is 15.8. The van der Waals surface area contributed by atoms with E-state index >= 15 is 0 Å². The zero-order valence-electron chi connectivity index (χ0n) is 14.7. The van der Waals surface area contributed by atoms with Gasteiger partial charge in [0, 0.05) is 42.5 Å². The Morgan fingerprint density at radius 1 is 1.29 bits per heavy atom. The van der Waals surface area contributed by atoms with Crippen LogP contribution in [0.1, 0.15) is 71.6 Å². The molecule has 4 heteroatoms. The lowest BCUT2D eigenvalue weighted by atomic mass is 9.79. The van der Waals surface area contributed by atoms with Gasteiger partial charge in [0.15, 0.2) is 0 Å². The average Bonchev–Trinajstić information content (AvgIpc) is 2.64. The Kier molecular flexibility index (Phi) is 4.50. The quantitative estimate of drug-likeness (QED) is 0.896. The first-order valence-electron chi connectivity index (χ1n) is 8.13. The van der Waals surface area contributed by atoms with E-state index in [2.05, 4.69) is 63.5 Å². The molecule has 0 spiro atoms. The summed E-state index contributed by atoms with van der Waals surface area (Å²) in [4.78, 5) is 0. The lowest BCUT2D eigenvalue weighted by Crippen LogP contribution is -2.61. The maximum Gasteiger partial charge on any atom is 0.0694 e. The molecule has 1 aromatic rings. The van der Waals surface area contributed by atoms with Crippen LogP contribution in [0.3, 0.4) is 0 Å². The molecule has 0 bridgehead atoms. The number of rotatable bonds is 4. The maximum atomic E-state index is 4.60. The molecule has 1 fully saturated rings. The zero-order valence-corrected chi connectivity index (χ0v) is 14.7. The van der Waals surface area contributed by atoms with Crippen molar-refractivity contribution in [2.45, 2.75) is 84.0 Å². The summed E-state index contributed by atoms with van der Waals surface area (Å²) < 4.78 is 1.93. The Hall–Kier alpha value is -0.870. The summed E-state index contributed by atoms with van der Waals surface area (Å²) in [5, 5.41) is 12.1. The highest BCUT2D eigenvalue weighted by Crippen LogP contribution is 2.29. The van der Waals surface area contributed by atoms with Gasteiger partial charge in [0.25, 0.3) is 0 Å². The van der Waals surface area contributed by atoms with E-state index in [-0.39, 0.29) is 11.1 Å². The molecule has 2 rings (SSSR count). The van der Waals surface area contributed by atoms with Crippen molar-refractivity contribution in [2.75, 3.05) is 0 Å². The van der Waals surface area contributed by atoms with Crippen molar-refractivity contribution in [3.63, 3.8) is 0 Å². The SMILES string of the molecule is CC(C)c1nn(C)cc1CNC1CC(C)(C)NC(C)(C)C1. The second-order valence-corrected chi connectivity index (χ2v) is 8.25. The minimum absolute atomic E-state index is 0.190. The highest BCUT2D eigenvalue weighted by atomic mass is 15.3. The first-order valence-corrected chi connectivity index (χ1v) is 8.13. The number of hydrogen-bond donors (Lipinski definition) is 2. The van der Waals surface area contributed by atoms with E-state index < -0.39 is 0 Å². The molecule has 0 unspecified atom stereocenters. The molecule has 1 aliphatic rings. The molecule has 0 saturated carbocycles. The van der Waals surface area contributed by atoms with Gasteiger partial charge < -0.3 is 10.6 Å². The predicted octanol–water partition coefficient (Wildman–Crippen LogP) is 2.94. The molecule has 0 aliphatic carbocycles. The Balaban J connectivity index is 2.03. The minimum Gasteiger partial charge on any atom is -0.310 e. The van der Waals surface area contributed by atoms with Crippen molar-refractivity contribution in [2.24, 2.45) is 7.05 Å². The number of nitrogens with one attached hydrogen (secondary N) is 2. The molecular weight excluding hydrogens is 260 g/mol. The van der Waals surface area contributed by atoms with Crippen molar-refractivity contribution < 1.29 is 0 Å². The molecule has 0 atom stereocenters. The summed E-state index contributed by atoms with van der Waals surface area (Å²) in [5.41, 5.74) is 2.93. The Bertz CT molecular complexity index is 469. The number of hydrogen-bond acceptors (Lipinski definition) is 3. The summed E-state index contributed by atoms with van der Waals surface area (Å²) in [6, 6.07) is 0.552. The first kappa shape index (κ1) is 16.5. The number of nitrogens with zero attached hydrogens (tertiary/aromatic N) is 2. The van der Waals surface area contributed by atoms with Crippen LogP contribution < -0.4 is 10.6 Å². The van der Waals surface area contributed by atoms with E-state index in [4.69, 9.17) is 0 Å². The van der Waals surface area contributed by atoms with Crippen molar-refractivity contribution in [1.82, 2.24) is 20.4 Å². The fourth-order valence-electron chi connectivity index (χ4n) is 3.90. The molecule has 2 heterocycles. The molecule has 2 N–H and O–H groups in total. The smallest absolute Gasteiger partial charge is 0.0694 e. The second-order valence-electron chi connectivity index (χ2n) is 8.25. The van der Waals surface area contributed by atoms with E-state index in [9.17, 15) is 0 Å². The van der Waals surface area contributed by atoms with Gasteiger partial charge in [-0.3, -0.25) is 4.68 Å². The standard InChI is InChI=1S/C17H32N4/c1-12(2)15-13(11-21(7)19-15)10-18-14-8-16(3,4)20-17(5,6)9-14/h11-12,14,18,20H,8-10H2,1-7H3. The fraction of sp³-hybridized carbons (Fsp3) is 0.824. The largest absolute Gasteiger partial charge is 0.310 e. The van der Waals surface area contributed by atoms with Gasteiger partial charge in [-0.25, -0.2) is 0 Å². The van der Waals surface area contributed by atoms with Gasteiger partial charge in [0.1, 0.15) is 0 Å². The van der Waals surface area contributed by atoms with E-state index in [1.165, 1.54) is 11.3 Å². The van der Waals surface area contributed by atoms with E-state index in [0.717, 1.165) is 19.4 Å². The van der Waals surface area contributed by atoms with Gasteiger partial charge in [-0.15, -0.1) is 0 Å².